The molecule has 1 aromatic heterocycles. The van der Waals surface area contributed by atoms with Crippen LogP contribution in [0.25, 0.3) is 11.0 Å². The quantitative estimate of drug-likeness (QED) is 0.363. The molecule has 218 valence electrons. The van der Waals surface area contributed by atoms with Crippen molar-refractivity contribution in [2.45, 2.75) is 64.1 Å². The number of nitrogens with one attached hydrogen (secondary N) is 1. The second-order valence-corrected chi connectivity index (χ2v) is 15.5. The summed E-state index contributed by atoms with van der Waals surface area (Å²) in [6.45, 7) is 6.87. The van der Waals surface area contributed by atoms with Crippen molar-refractivity contribution in [3.8, 4) is 5.75 Å². The number of rotatable bonds is 8. The fourth-order valence-electron chi connectivity index (χ4n) is 7.33. The van der Waals surface area contributed by atoms with Crippen molar-refractivity contribution in [1.29, 1.82) is 0 Å². The van der Waals surface area contributed by atoms with Crippen LogP contribution >= 0.6 is 0 Å². The number of carbonyl (C=O) groups excluding carboxylic acids is 1. The predicted molar refractivity (Wildman–Crippen MR) is 161 cm³/mol. The lowest BCUT2D eigenvalue weighted by Crippen LogP contribution is -2.65. The Hall–Kier alpha value is -2.82. The van der Waals surface area contributed by atoms with E-state index in [9.17, 15) is 9.00 Å². The van der Waals surface area contributed by atoms with Crippen LogP contribution in [0.15, 0.2) is 57.5 Å². The summed E-state index contributed by atoms with van der Waals surface area (Å²) >= 11 is 0. The molecule has 8 nitrogen and oxygen atoms in total. The number of furan rings is 1. The number of hydrogen-bond acceptors (Lipinski definition) is 7. The van der Waals surface area contributed by atoms with E-state index in [-0.39, 0.29) is 29.4 Å². The van der Waals surface area contributed by atoms with Gasteiger partial charge < -0.3 is 23.8 Å². The molecule has 2 bridgehead atoms. The van der Waals surface area contributed by atoms with Gasteiger partial charge in [-0.2, -0.15) is 4.36 Å². The zero-order valence-corrected chi connectivity index (χ0v) is 25.5. The predicted octanol–water partition coefficient (Wildman–Crippen LogP) is 5.34. The van der Waals surface area contributed by atoms with E-state index in [1.165, 1.54) is 0 Å². The summed E-state index contributed by atoms with van der Waals surface area (Å²) in [5, 5.41) is 4.25. The van der Waals surface area contributed by atoms with Crippen LogP contribution in [-0.2, 0) is 36.7 Å². The van der Waals surface area contributed by atoms with Gasteiger partial charge >= 0.3 is 7.12 Å². The van der Waals surface area contributed by atoms with E-state index in [0.717, 1.165) is 29.4 Å². The Morgan fingerprint density at radius 2 is 1.95 bits per heavy atom. The fourth-order valence-corrected chi connectivity index (χ4v) is 7.96. The Labute approximate surface area is 242 Å². The molecular formula is C31H39BN2O6S. The summed E-state index contributed by atoms with van der Waals surface area (Å²) in [6.07, 6.45) is 7.67. The van der Waals surface area contributed by atoms with Gasteiger partial charge in [0.25, 0.3) is 0 Å². The minimum atomic E-state index is -2.32. The van der Waals surface area contributed by atoms with Crippen LogP contribution in [0.3, 0.4) is 0 Å². The van der Waals surface area contributed by atoms with Gasteiger partial charge in [-0.1, -0.05) is 38.1 Å². The monoisotopic (exact) mass is 578 g/mol. The summed E-state index contributed by atoms with van der Waals surface area (Å²) in [7, 11) is -1.35. The van der Waals surface area contributed by atoms with Gasteiger partial charge in [0.05, 0.1) is 43.1 Å². The van der Waals surface area contributed by atoms with E-state index in [0.29, 0.717) is 35.3 Å². The molecular weight excluding hydrogens is 539 g/mol. The minimum absolute atomic E-state index is 0.00792. The largest absolute Gasteiger partial charge is 0.496 e. The van der Waals surface area contributed by atoms with Crippen LogP contribution in [0.2, 0.25) is 0 Å². The zero-order chi connectivity index (χ0) is 29.2. The highest BCUT2D eigenvalue weighted by Crippen LogP contribution is 2.65. The number of fused-ring (bicyclic) bond motifs is 1. The summed E-state index contributed by atoms with van der Waals surface area (Å²) in [6, 6.07) is 13.2. The van der Waals surface area contributed by atoms with Gasteiger partial charge in [-0.25, -0.2) is 4.21 Å². The second-order valence-electron chi connectivity index (χ2n) is 12.9. The van der Waals surface area contributed by atoms with Crippen LogP contribution in [0.5, 0.6) is 5.75 Å². The summed E-state index contributed by atoms with van der Waals surface area (Å²) in [4.78, 5) is 13.6. The van der Waals surface area contributed by atoms with Crippen LogP contribution in [-0.4, -0.2) is 54.5 Å². The molecule has 0 spiro atoms. The first-order valence-corrected chi connectivity index (χ1v) is 16.6. The molecule has 2 heterocycles. The number of para-hydroxylation sites is 1. The first-order valence-electron chi connectivity index (χ1n) is 14.3. The van der Waals surface area contributed by atoms with Crippen molar-refractivity contribution in [3.05, 3.63) is 59.9 Å². The van der Waals surface area contributed by atoms with Crippen molar-refractivity contribution in [2.24, 2.45) is 21.6 Å². The van der Waals surface area contributed by atoms with Crippen LogP contribution in [0.4, 0.5) is 5.69 Å². The third-order valence-corrected chi connectivity index (χ3v) is 10.2. The van der Waals surface area contributed by atoms with Crippen molar-refractivity contribution in [1.82, 2.24) is 5.32 Å². The number of methoxy groups -OCH3 is 1. The first kappa shape index (κ1) is 28.3. The van der Waals surface area contributed by atoms with E-state index in [4.69, 9.17) is 18.5 Å². The molecule has 1 saturated heterocycles. The molecule has 10 heteroatoms. The average molecular weight is 579 g/mol. The molecule has 0 radical (unpaired) electrons. The standard InChI is InChI=1S/C31H39BN2O6S/c1-30(2)21-15-26(30)31(3)27(16-21)39-32(40-31)28(13-20-18-38-24-10-8-7-9-23(20)24)33-29(35)14-19-11-12-22(17-25(19)37-4)34-41(5,6)36/h7-12,17-18,21,26-28H,13-16H2,1-6H3,(H,33,35)/t21-,26?,27+,28?,31-/m0/s1. The number of nitrogens with zero attached hydrogens (tertiary/aromatic N) is 1. The van der Waals surface area contributed by atoms with Crippen LogP contribution in [0, 0.1) is 17.3 Å². The Morgan fingerprint density at radius 1 is 1.17 bits per heavy atom. The molecule has 1 amide bonds. The Morgan fingerprint density at radius 3 is 2.68 bits per heavy atom. The van der Waals surface area contributed by atoms with E-state index in [1.807, 2.05) is 24.3 Å². The molecule has 3 aliphatic carbocycles. The van der Waals surface area contributed by atoms with Gasteiger partial charge in [-0.05, 0) is 61.1 Å². The molecule has 5 atom stereocenters. The van der Waals surface area contributed by atoms with Gasteiger partial charge in [0, 0.05) is 39.3 Å². The molecule has 4 aliphatic rings. The molecule has 2 unspecified atom stereocenters. The van der Waals surface area contributed by atoms with Crippen LogP contribution in [0.1, 0.15) is 44.7 Å². The Bertz CT molecular complexity index is 1600. The maximum atomic E-state index is 13.6. The van der Waals surface area contributed by atoms with Gasteiger partial charge in [-0.15, -0.1) is 0 Å². The third-order valence-electron chi connectivity index (χ3n) is 9.59. The lowest BCUT2D eigenvalue weighted by atomic mass is 9.43. The molecule has 3 saturated carbocycles. The van der Waals surface area contributed by atoms with E-state index in [2.05, 4.69) is 30.5 Å². The van der Waals surface area contributed by atoms with E-state index in [1.54, 1.807) is 44.1 Å². The number of amides is 1. The summed E-state index contributed by atoms with van der Waals surface area (Å²) in [5.41, 5.74) is 2.91. The Kier molecular flexibility index (Phi) is 7.02. The van der Waals surface area contributed by atoms with Gasteiger partial charge in [-0.3, -0.25) is 4.79 Å². The highest BCUT2D eigenvalue weighted by Gasteiger charge is 2.68. The molecule has 41 heavy (non-hydrogen) atoms. The van der Waals surface area contributed by atoms with Gasteiger partial charge in [0.1, 0.15) is 11.3 Å². The van der Waals surface area contributed by atoms with Crippen molar-refractivity contribution < 1.29 is 27.5 Å². The maximum absolute atomic E-state index is 13.6. The van der Waals surface area contributed by atoms with Gasteiger partial charge in [0.15, 0.2) is 0 Å². The normalized spacial score (nSPS) is 27.2. The topological polar surface area (TPSA) is 99.4 Å². The first-order chi connectivity index (χ1) is 19.4. The molecule has 7 rings (SSSR count). The molecule has 1 aliphatic heterocycles. The highest BCUT2D eigenvalue weighted by atomic mass is 32.2. The molecule has 4 fully saturated rings. The number of benzene rings is 2. The number of ether oxygens (including phenoxy) is 1. The van der Waals surface area contributed by atoms with Crippen LogP contribution < -0.4 is 10.1 Å². The van der Waals surface area contributed by atoms with Gasteiger partial charge in [0.2, 0.25) is 5.91 Å². The molecule has 2 aromatic carbocycles. The third kappa shape index (κ3) is 5.19. The smallest absolute Gasteiger partial charge is 0.482 e. The highest BCUT2D eigenvalue weighted by molar-refractivity contribution is 7.92. The molecule has 3 aromatic rings. The van der Waals surface area contributed by atoms with E-state index >= 15 is 0 Å². The summed E-state index contributed by atoms with van der Waals surface area (Å²) < 4.78 is 41.2. The average Bonchev–Trinajstić information content (AvgIpc) is 3.48. The number of hydrogen-bond donors (Lipinski definition) is 1. The fraction of sp³-hybridized carbons (Fsp3) is 0.516. The maximum Gasteiger partial charge on any atom is 0.482 e. The molecule has 1 N–H and O–H groups in total. The SMILES string of the molecule is COc1cc(N=S(C)(C)=O)ccc1CC(=O)NC(Cc1coc2ccccc12)B1O[C@@H]2C[C@@H]3CC(C3(C)C)[C@]2(C)O1. The van der Waals surface area contributed by atoms with Crippen molar-refractivity contribution in [2.75, 3.05) is 19.6 Å². The van der Waals surface area contributed by atoms with Crippen molar-refractivity contribution >= 4 is 39.4 Å². The van der Waals surface area contributed by atoms with Crippen molar-refractivity contribution in [3.63, 3.8) is 0 Å². The lowest BCUT2D eigenvalue weighted by molar-refractivity contribution is -0.199. The number of carbonyl (C=O) groups is 1. The lowest BCUT2D eigenvalue weighted by Gasteiger charge is -2.64. The zero-order valence-electron chi connectivity index (χ0n) is 24.6. The minimum Gasteiger partial charge on any atom is -0.496 e. The van der Waals surface area contributed by atoms with E-state index < -0.39 is 22.8 Å². The summed E-state index contributed by atoms with van der Waals surface area (Å²) in [5.74, 6) is 0.990. The Balaban J connectivity index is 1.25. The second kappa shape index (κ2) is 10.2.